The van der Waals surface area contributed by atoms with Crippen molar-refractivity contribution < 1.29 is 23.9 Å². The molecule has 174 valence electrons. The van der Waals surface area contributed by atoms with Gasteiger partial charge in [0, 0.05) is 16.1 Å². The van der Waals surface area contributed by atoms with Gasteiger partial charge in [0.05, 0.1) is 23.6 Å². The molecule has 3 aromatic rings. The van der Waals surface area contributed by atoms with Crippen molar-refractivity contribution in [3.8, 4) is 0 Å². The second-order valence-electron chi connectivity index (χ2n) is 9.34. The van der Waals surface area contributed by atoms with Gasteiger partial charge in [0.2, 0.25) is 29.0 Å². The summed E-state index contributed by atoms with van der Waals surface area (Å²) in [5.74, 6) is -4.62. The Bertz CT molecular complexity index is 1440. The number of rotatable bonds is 2. The summed E-state index contributed by atoms with van der Waals surface area (Å²) < 4.78 is 6.30. The van der Waals surface area contributed by atoms with Gasteiger partial charge in [-0.15, -0.1) is 0 Å². The van der Waals surface area contributed by atoms with E-state index in [1.54, 1.807) is 48.5 Å². The van der Waals surface area contributed by atoms with Gasteiger partial charge in [-0.25, -0.2) is 4.90 Å². The van der Waals surface area contributed by atoms with Gasteiger partial charge in [-0.05, 0) is 37.1 Å². The smallest absolute Gasteiger partial charge is 0.241 e. The number of amides is 2. The average molecular weight is 486 g/mol. The number of Topliss-reactive ketones (excluding diaryl/α,β-unsaturated/α-hetero) is 2. The minimum absolute atomic E-state index is 0.207. The van der Waals surface area contributed by atoms with E-state index < -0.39 is 46.9 Å². The molecule has 1 spiro atoms. The molecule has 2 heterocycles. The number of fused-ring (bicyclic) bond motifs is 3. The molecule has 3 atom stereocenters. The fraction of sp³-hybridized carbons (Fsp3) is 0.214. The topological polar surface area (TPSA) is 80.8 Å². The Hall–Kier alpha value is -3.61. The van der Waals surface area contributed by atoms with E-state index in [0.29, 0.717) is 16.3 Å². The highest BCUT2D eigenvalue weighted by molar-refractivity contribution is 6.37. The summed E-state index contributed by atoms with van der Waals surface area (Å²) in [5, 5.41) is 0.404. The van der Waals surface area contributed by atoms with Crippen LogP contribution < -0.4 is 4.90 Å². The largest absolute Gasteiger partial charge is 0.349 e. The van der Waals surface area contributed by atoms with Crippen molar-refractivity contribution in [2.45, 2.75) is 25.6 Å². The number of hydrogen-bond acceptors (Lipinski definition) is 5. The van der Waals surface area contributed by atoms with Crippen molar-refractivity contribution in [3.63, 3.8) is 0 Å². The highest BCUT2D eigenvalue weighted by Crippen LogP contribution is 2.57. The van der Waals surface area contributed by atoms with Crippen LogP contribution in [0.1, 0.15) is 43.5 Å². The fourth-order valence-electron chi connectivity index (χ4n) is 5.64. The number of carbonyl (C=O) groups is 4. The molecule has 6 rings (SSSR count). The van der Waals surface area contributed by atoms with Gasteiger partial charge >= 0.3 is 0 Å². The highest BCUT2D eigenvalue weighted by atomic mass is 35.5. The maximum Gasteiger partial charge on any atom is 0.241 e. The lowest BCUT2D eigenvalue weighted by molar-refractivity contribution is -0.127. The lowest BCUT2D eigenvalue weighted by Gasteiger charge is -2.27. The standard InChI is InChI=1S/C28H20ClNO5/c1-14-6-5-7-16(12-14)23-21-22(27(34)30(26(21)33)17-11-10-15(2)20(29)13-17)28(35-23)24(31)18-8-3-4-9-19(18)25(28)32/h3-13,21-23H,1-2H3/t21-,22-,23+/m1/s1. The van der Waals surface area contributed by atoms with Gasteiger partial charge in [-0.2, -0.15) is 0 Å². The van der Waals surface area contributed by atoms with Crippen molar-refractivity contribution in [1.82, 2.24) is 0 Å². The molecule has 0 aromatic heterocycles. The Morgan fingerprint density at radius 1 is 0.829 bits per heavy atom. The van der Waals surface area contributed by atoms with Gasteiger partial charge in [0.15, 0.2) is 0 Å². The van der Waals surface area contributed by atoms with E-state index in [2.05, 4.69) is 0 Å². The van der Waals surface area contributed by atoms with Crippen molar-refractivity contribution in [1.29, 1.82) is 0 Å². The molecule has 0 N–H and O–H groups in total. The number of benzene rings is 3. The predicted molar refractivity (Wildman–Crippen MR) is 129 cm³/mol. The maximum atomic E-state index is 13.9. The zero-order valence-corrected chi connectivity index (χ0v) is 19.7. The van der Waals surface area contributed by atoms with Crippen LogP contribution in [0.2, 0.25) is 5.02 Å². The summed E-state index contributed by atoms with van der Waals surface area (Å²) >= 11 is 6.30. The maximum absolute atomic E-state index is 13.9. The molecule has 0 saturated carbocycles. The number of imide groups is 1. The van der Waals surface area contributed by atoms with Crippen LogP contribution in [0.25, 0.3) is 0 Å². The van der Waals surface area contributed by atoms with Crippen molar-refractivity contribution in [2.75, 3.05) is 4.90 Å². The Morgan fingerprint density at radius 2 is 1.51 bits per heavy atom. The first-order valence-electron chi connectivity index (χ1n) is 11.3. The van der Waals surface area contributed by atoms with Crippen LogP contribution in [0.4, 0.5) is 5.69 Å². The van der Waals surface area contributed by atoms with E-state index in [1.807, 2.05) is 32.0 Å². The molecule has 0 bridgehead atoms. The summed E-state index contributed by atoms with van der Waals surface area (Å²) in [4.78, 5) is 56.3. The van der Waals surface area contributed by atoms with E-state index >= 15 is 0 Å². The first-order chi connectivity index (χ1) is 16.8. The van der Waals surface area contributed by atoms with Crippen LogP contribution in [0.15, 0.2) is 66.7 Å². The molecule has 0 radical (unpaired) electrons. The summed E-state index contributed by atoms with van der Waals surface area (Å²) in [6.45, 7) is 3.72. The Kier molecular flexibility index (Phi) is 4.66. The van der Waals surface area contributed by atoms with Crippen LogP contribution in [0, 0.1) is 25.7 Å². The molecule has 7 heteroatoms. The van der Waals surface area contributed by atoms with Gasteiger partial charge in [0.25, 0.3) is 0 Å². The number of ether oxygens (including phenoxy) is 1. The van der Waals surface area contributed by atoms with Crippen LogP contribution in [-0.4, -0.2) is 29.0 Å². The molecule has 0 unspecified atom stereocenters. The summed E-state index contributed by atoms with van der Waals surface area (Å²) in [6, 6.07) is 18.7. The number of hydrogen-bond donors (Lipinski definition) is 0. The van der Waals surface area contributed by atoms with Gasteiger partial charge in [-0.1, -0.05) is 71.8 Å². The molecular formula is C28H20ClNO5. The van der Waals surface area contributed by atoms with Crippen LogP contribution >= 0.6 is 11.6 Å². The number of aryl methyl sites for hydroxylation is 2. The Balaban J connectivity index is 1.55. The average Bonchev–Trinajstić information content (AvgIpc) is 3.41. The van der Waals surface area contributed by atoms with Crippen LogP contribution in [0.5, 0.6) is 0 Å². The summed E-state index contributed by atoms with van der Waals surface area (Å²) in [6.07, 6.45) is -0.940. The van der Waals surface area contributed by atoms with Gasteiger partial charge in [-0.3, -0.25) is 19.2 Å². The number of ketones is 2. The first kappa shape index (κ1) is 21.9. The Labute approximate surface area is 206 Å². The minimum atomic E-state index is -2.08. The monoisotopic (exact) mass is 485 g/mol. The molecule has 6 nitrogen and oxygen atoms in total. The lowest BCUT2D eigenvalue weighted by atomic mass is 9.77. The van der Waals surface area contributed by atoms with Crippen LogP contribution in [0.3, 0.4) is 0 Å². The molecular weight excluding hydrogens is 466 g/mol. The predicted octanol–water partition coefficient (Wildman–Crippen LogP) is 4.65. The van der Waals surface area contributed by atoms with Crippen molar-refractivity contribution >= 4 is 40.7 Å². The fourth-order valence-corrected chi connectivity index (χ4v) is 5.82. The Morgan fingerprint density at radius 3 is 2.14 bits per heavy atom. The zero-order chi connectivity index (χ0) is 24.6. The SMILES string of the molecule is Cc1cccc([C@@H]2OC3(C(=O)c4ccccc4C3=O)[C@H]3C(=O)N(c4ccc(C)c(Cl)c4)C(=O)[C@@H]23)c1. The molecule has 2 saturated heterocycles. The highest BCUT2D eigenvalue weighted by Gasteiger charge is 2.74. The van der Waals surface area contributed by atoms with E-state index in [4.69, 9.17) is 16.3 Å². The van der Waals surface area contributed by atoms with E-state index in [-0.39, 0.29) is 11.1 Å². The van der Waals surface area contributed by atoms with Crippen molar-refractivity contribution in [3.05, 3.63) is 99.6 Å². The number of anilines is 1. The van der Waals surface area contributed by atoms with E-state index in [1.165, 1.54) is 0 Å². The number of halogens is 1. The van der Waals surface area contributed by atoms with Gasteiger partial charge in [0.1, 0.15) is 0 Å². The second-order valence-corrected chi connectivity index (χ2v) is 9.75. The molecule has 1 aliphatic carbocycles. The third-order valence-electron chi connectivity index (χ3n) is 7.30. The molecule has 2 fully saturated rings. The van der Waals surface area contributed by atoms with Crippen LogP contribution in [-0.2, 0) is 14.3 Å². The quantitative estimate of drug-likeness (QED) is 0.390. The third-order valence-corrected chi connectivity index (χ3v) is 7.71. The number of nitrogens with zero attached hydrogens (tertiary/aromatic N) is 1. The molecule has 2 amide bonds. The summed E-state index contributed by atoms with van der Waals surface area (Å²) in [7, 11) is 0. The van der Waals surface area contributed by atoms with Gasteiger partial charge < -0.3 is 4.74 Å². The second kappa shape index (κ2) is 7.44. The molecule has 3 aromatic carbocycles. The zero-order valence-electron chi connectivity index (χ0n) is 18.9. The normalized spacial score (nSPS) is 24.4. The third kappa shape index (κ3) is 2.81. The molecule has 3 aliphatic rings. The first-order valence-corrected chi connectivity index (χ1v) is 11.7. The van der Waals surface area contributed by atoms with Crippen molar-refractivity contribution in [2.24, 2.45) is 11.8 Å². The van der Waals surface area contributed by atoms with E-state index in [9.17, 15) is 19.2 Å². The minimum Gasteiger partial charge on any atom is -0.349 e. The van der Waals surface area contributed by atoms with E-state index in [0.717, 1.165) is 16.0 Å². The number of carbonyl (C=O) groups excluding carboxylic acids is 4. The molecule has 35 heavy (non-hydrogen) atoms. The lowest BCUT2D eigenvalue weighted by Crippen LogP contribution is -2.51. The summed E-state index contributed by atoms with van der Waals surface area (Å²) in [5.41, 5.74) is 0.991. The molecule has 2 aliphatic heterocycles.